The second-order valence-electron chi connectivity index (χ2n) is 5.15. The van der Waals surface area contributed by atoms with Crippen LogP contribution in [0.5, 0.6) is 0 Å². The number of hydrogen-bond acceptors (Lipinski definition) is 3. The first kappa shape index (κ1) is 16.2. The SMILES string of the molecule is CCOCCNC(=NC)NCC1(CCOC)CCC1. The van der Waals surface area contributed by atoms with E-state index < -0.39 is 0 Å². The van der Waals surface area contributed by atoms with Crippen molar-refractivity contribution >= 4 is 5.96 Å². The van der Waals surface area contributed by atoms with E-state index in [2.05, 4.69) is 15.6 Å². The highest BCUT2D eigenvalue weighted by Crippen LogP contribution is 2.43. The van der Waals surface area contributed by atoms with Gasteiger partial charge in [-0.15, -0.1) is 0 Å². The predicted molar refractivity (Wildman–Crippen MR) is 78.6 cm³/mol. The lowest BCUT2D eigenvalue weighted by Crippen LogP contribution is -2.47. The molecule has 1 aliphatic rings. The summed E-state index contributed by atoms with van der Waals surface area (Å²) in [5.74, 6) is 0.864. The number of nitrogens with one attached hydrogen (secondary N) is 2. The molecule has 5 nitrogen and oxygen atoms in total. The van der Waals surface area contributed by atoms with E-state index >= 15 is 0 Å². The normalized spacial score (nSPS) is 17.9. The molecule has 0 atom stereocenters. The third-order valence-corrected chi connectivity index (χ3v) is 3.85. The summed E-state index contributed by atoms with van der Waals surface area (Å²) in [4.78, 5) is 4.24. The minimum absolute atomic E-state index is 0.410. The molecule has 5 heteroatoms. The largest absolute Gasteiger partial charge is 0.385 e. The fraction of sp³-hybridized carbons (Fsp3) is 0.929. The van der Waals surface area contributed by atoms with Gasteiger partial charge in [-0.3, -0.25) is 4.99 Å². The first-order valence-electron chi connectivity index (χ1n) is 7.27. The number of methoxy groups -OCH3 is 1. The van der Waals surface area contributed by atoms with E-state index in [-0.39, 0.29) is 0 Å². The van der Waals surface area contributed by atoms with Crippen LogP contribution in [-0.4, -0.2) is 53.0 Å². The highest BCUT2D eigenvalue weighted by Gasteiger charge is 2.36. The second kappa shape index (κ2) is 9.15. The number of guanidine groups is 1. The molecule has 0 aromatic rings. The quantitative estimate of drug-likeness (QED) is 0.378. The third-order valence-electron chi connectivity index (χ3n) is 3.85. The summed E-state index contributed by atoms with van der Waals surface area (Å²) in [6.07, 6.45) is 5.05. The maximum absolute atomic E-state index is 5.30. The van der Waals surface area contributed by atoms with Gasteiger partial charge in [0.15, 0.2) is 5.96 Å². The molecule has 1 aliphatic carbocycles. The minimum atomic E-state index is 0.410. The van der Waals surface area contributed by atoms with Crippen molar-refractivity contribution in [1.29, 1.82) is 0 Å². The van der Waals surface area contributed by atoms with E-state index in [4.69, 9.17) is 9.47 Å². The van der Waals surface area contributed by atoms with Gasteiger partial charge in [0.25, 0.3) is 0 Å². The van der Waals surface area contributed by atoms with E-state index in [0.29, 0.717) is 12.0 Å². The van der Waals surface area contributed by atoms with Crippen LogP contribution in [0.3, 0.4) is 0 Å². The van der Waals surface area contributed by atoms with Crippen molar-refractivity contribution in [3.8, 4) is 0 Å². The van der Waals surface area contributed by atoms with Gasteiger partial charge in [0.1, 0.15) is 0 Å². The molecule has 1 rings (SSSR count). The van der Waals surface area contributed by atoms with Crippen LogP contribution in [0.1, 0.15) is 32.6 Å². The van der Waals surface area contributed by atoms with Gasteiger partial charge < -0.3 is 20.1 Å². The standard InChI is InChI=1S/C14H29N3O2/c1-4-19-11-9-16-13(15-2)17-12-14(6-5-7-14)8-10-18-3/h4-12H2,1-3H3,(H2,15,16,17). The zero-order chi connectivity index (χ0) is 14.0. The van der Waals surface area contributed by atoms with E-state index in [1.54, 1.807) is 14.2 Å². The Kier molecular flexibility index (Phi) is 7.82. The molecule has 0 aromatic carbocycles. The van der Waals surface area contributed by atoms with Crippen molar-refractivity contribution < 1.29 is 9.47 Å². The Morgan fingerprint density at radius 1 is 1.26 bits per heavy atom. The molecule has 0 heterocycles. The molecule has 0 aromatic heterocycles. The van der Waals surface area contributed by atoms with Crippen molar-refractivity contribution in [1.82, 2.24) is 10.6 Å². The number of nitrogens with zero attached hydrogens (tertiary/aromatic N) is 1. The fourth-order valence-corrected chi connectivity index (χ4v) is 2.39. The van der Waals surface area contributed by atoms with Gasteiger partial charge in [-0.1, -0.05) is 6.42 Å². The Morgan fingerprint density at radius 2 is 2.05 bits per heavy atom. The van der Waals surface area contributed by atoms with E-state index in [1.165, 1.54) is 19.3 Å². The van der Waals surface area contributed by atoms with Crippen LogP contribution in [0.15, 0.2) is 4.99 Å². The van der Waals surface area contributed by atoms with E-state index in [0.717, 1.165) is 38.7 Å². The molecule has 0 aliphatic heterocycles. The molecule has 1 fully saturated rings. The molecule has 0 bridgehead atoms. The van der Waals surface area contributed by atoms with Crippen molar-refractivity contribution in [2.75, 3.05) is 47.1 Å². The minimum Gasteiger partial charge on any atom is -0.385 e. The molecule has 112 valence electrons. The molecule has 0 amide bonds. The average Bonchev–Trinajstić information content (AvgIpc) is 2.39. The predicted octanol–water partition coefficient (Wildman–Crippen LogP) is 1.39. The van der Waals surface area contributed by atoms with Crippen molar-refractivity contribution in [3.05, 3.63) is 0 Å². The molecule has 0 radical (unpaired) electrons. The molecule has 19 heavy (non-hydrogen) atoms. The first-order valence-corrected chi connectivity index (χ1v) is 7.27. The molecule has 1 saturated carbocycles. The second-order valence-corrected chi connectivity index (χ2v) is 5.15. The van der Waals surface area contributed by atoms with E-state index in [9.17, 15) is 0 Å². The summed E-state index contributed by atoms with van der Waals surface area (Å²) in [5, 5.41) is 6.69. The summed E-state index contributed by atoms with van der Waals surface area (Å²) in [6.45, 7) is 6.09. The van der Waals surface area contributed by atoms with Crippen LogP contribution in [0.4, 0.5) is 0 Å². The van der Waals surface area contributed by atoms with Crippen molar-refractivity contribution in [2.24, 2.45) is 10.4 Å². The average molecular weight is 271 g/mol. The number of rotatable bonds is 9. The summed E-state index contributed by atoms with van der Waals surface area (Å²) in [5.41, 5.74) is 0.410. The number of hydrogen-bond donors (Lipinski definition) is 2. The molecular weight excluding hydrogens is 242 g/mol. The zero-order valence-electron chi connectivity index (χ0n) is 12.6. The lowest BCUT2D eigenvalue weighted by atomic mass is 9.67. The Balaban J connectivity index is 2.23. The number of ether oxygens (including phenoxy) is 2. The van der Waals surface area contributed by atoms with Gasteiger partial charge in [0.2, 0.25) is 0 Å². The van der Waals surface area contributed by atoms with Gasteiger partial charge in [-0.2, -0.15) is 0 Å². The maximum atomic E-state index is 5.30. The summed E-state index contributed by atoms with van der Waals surface area (Å²) < 4.78 is 10.5. The summed E-state index contributed by atoms with van der Waals surface area (Å²) in [6, 6.07) is 0. The fourth-order valence-electron chi connectivity index (χ4n) is 2.39. The lowest BCUT2D eigenvalue weighted by molar-refractivity contribution is 0.0732. The maximum Gasteiger partial charge on any atom is 0.191 e. The lowest BCUT2D eigenvalue weighted by Gasteiger charge is -2.42. The van der Waals surface area contributed by atoms with Crippen LogP contribution >= 0.6 is 0 Å². The molecule has 0 spiro atoms. The molecular formula is C14H29N3O2. The van der Waals surface area contributed by atoms with Crippen LogP contribution in [0, 0.1) is 5.41 Å². The van der Waals surface area contributed by atoms with Gasteiger partial charge in [0.05, 0.1) is 6.61 Å². The Morgan fingerprint density at radius 3 is 2.58 bits per heavy atom. The first-order chi connectivity index (χ1) is 9.26. The summed E-state index contributed by atoms with van der Waals surface area (Å²) >= 11 is 0. The van der Waals surface area contributed by atoms with Crippen molar-refractivity contribution in [2.45, 2.75) is 32.6 Å². The van der Waals surface area contributed by atoms with Crippen LogP contribution in [-0.2, 0) is 9.47 Å². The Labute approximate surface area is 117 Å². The monoisotopic (exact) mass is 271 g/mol. The molecule has 0 saturated heterocycles. The Hall–Kier alpha value is -0.810. The van der Waals surface area contributed by atoms with Gasteiger partial charge in [0, 0.05) is 40.5 Å². The van der Waals surface area contributed by atoms with Gasteiger partial charge in [-0.25, -0.2) is 0 Å². The topological polar surface area (TPSA) is 54.9 Å². The van der Waals surface area contributed by atoms with Crippen LogP contribution in [0.2, 0.25) is 0 Å². The number of aliphatic imine (C=N–C) groups is 1. The van der Waals surface area contributed by atoms with Gasteiger partial charge in [-0.05, 0) is 31.6 Å². The smallest absolute Gasteiger partial charge is 0.191 e. The molecule has 2 N–H and O–H groups in total. The van der Waals surface area contributed by atoms with Crippen LogP contribution < -0.4 is 10.6 Å². The van der Waals surface area contributed by atoms with Gasteiger partial charge >= 0.3 is 0 Å². The zero-order valence-corrected chi connectivity index (χ0v) is 12.6. The third kappa shape index (κ3) is 5.78. The van der Waals surface area contributed by atoms with E-state index in [1.807, 2.05) is 6.92 Å². The highest BCUT2D eigenvalue weighted by molar-refractivity contribution is 5.79. The van der Waals surface area contributed by atoms with Crippen LogP contribution in [0.25, 0.3) is 0 Å². The summed E-state index contributed by atoms with van der Waals surface area (Å²) in [7, 11) is 3.58. The van der Waals surface area contributed by atoms with Crippen molar-refractivity contribution in [3.63, 3.8) is 0 Å². The Bertz CT molecular complexity index is 265. The highest BCUT2D eigenvalue weighted by atomic mass is 16.5. The molecule has 0 unspecified atom stereocenters.